The van der Waals surface area contributed by atoms with Crippen molar-refractivity contribution >= 4 is 5.78 Å². The molecule has 1 aromatic carbocycles. The summed E-state index contributed by atoms with van der Waals surface area (Å²) in [6, 6.07) is 9.81. The van der Waals surface area contributed by atoms with Gasteiger partial charge in [0.05, 0.1) is 0 Å². The quantitative estimate of drug-likeness (QED) is 0.919. The summed E-state index contributed by atoms with van der Waals surface area (Å²) < 4.78 is 0. The molecule has 0 saturated carbocycles. The maximum absolute atomic E-state index is 12.5. The highest BCUT2D eigenvalue weighted by Crippen LogP contribution is 2.32. The van der Waals surface area contributed by atoms with Gasteiger partial charge in [-0.05, 0) is 42.2 Å². The second kappa shape index (κ2) is 5.57. The van der Waals surface area contributed by atoms with Crippen LogP contribution in [0.25, 0.3) is 0 Å². The molecule has 0 amide bonds. The summed E-state index contributed by atoms with van der Waals surface area (Å²) in [7, 11) is 0. The zero-order chi connectivity index (χ0) is 15.0. The molecule has 2 heterocycles. The zero-order valence-corrected chi connectivity index (χ0v) is 13.5. The molecule has 21 heavy (non-hydrogen) atoms. The number of Topliss-reactive ketones (excluding diaryl/α,β-unsaturated/α-hetero) is 1. The molecule has 0 spiro atoms. The lowest BCUT2D eigenvalue weighted by atomic mass is 9.84. The van der Waals surface area contributed by atoms with E-state index in [4.69, 9.17) is 0 Å². The van der Waals surface area contributed by atoms with Crippen molar-refractivity contribution in [3.8, 4) is 0 Å². The molecule has 1 aromatic rings. The summed E-state index contributed by atoms with van der Waals surface area (Å²) in [4.78, 5) is 12.5. The molecule has 2 aliphatic heterocycles. The van der Waals surface area contributed by atoms with Gasteiger partial charge in [-0.15, -0.1) is 0 Å². The molecule has 2 bridgehead atoms. The van der Waals surface area contributed by atoms with Crippen LogP contribution in [0.2, 0.25) is 0 Å². The third-order valence-electron chi connectivity index (χ3n) is 5.13. The molecule has 2 heteroatoms. The second-order valence-corrected chi connectivity index (χ2v) is 7.90. The number of hydrogen-bond donors (Lipinski definition) is 1. The Kier molecular flexibility index (Phi) is 3.92. The van der Waals surface area contributed by atoms with Gasteiger partial charge in [0.2, 0.25) is 0 Å². The first kappa shape index (κ1) is 14.8. The molecule has 2 fully saturated rings. The summed E-state index contributed by atoms with van der Waals surface area (Å²) in [5.41, 5.74) is 2.68. The third-order valence-corrected chi connectivity index (χ3v) is 5.13. The van der Waals surface area contributed by atoms with Gasteiger partial charge in [0.1, 0.15) is 5.78 Å². The maximum atomic E-state index is 12.5. The fourth-order valence-electron chi connectivity index (χ4n) is 3.79. The highest BCUT2D eigenvalue weighted by atomic mass is 16.1. The normalized spacial score (nSPS) is 28.6. The van der Waals surface area contributed by atoms with Gasteiger partial charge in [-0.2, -0.15) is 0 Å². The summed E-state index contributed by atoms with van der Waals surface area (Å²) in [5, 5.41) is 3.61. The Labute approximate surface area is 128 Å². The van der Waals surface area contributed by atoms with E-state index in [1.807, 2.05) is 0 Å². The van der Waals surface area contributed by atoms with Gasteiger partial charge in [0.25, 0.3) is 0 Å². The number of ketones is 1. The minimum atomic E-state index is 0.177. The average Bonchev–Trinajstić information content (AvgIpc) is 2.77. The molecule has 2 nitrogen and oxygen atoms in total. The molecule has 1 N–H and O–H groups in total. The van der Waals surface area contributed by atoms with Gasteiger partial charge in [0.15, 0.2) is 0 Å². The Morgan fingerprint density at radius 1 is 1.10 bits per heavy atom. The molecule has 2 atom stereocenters. The van der Waals surface area contributed by atoms with Gasteiger partial charge < -0.3 is 5.32 Å². The fourth-order valence-corrected chi connectivity index (χ4v) is 3.79. The van der Waals surface area contributed by atoms with Gasteiger partial charge in [-0.3, -0.25) is 4.79 Å². The Morgan fingerprint density at radius 2 is 1.67 bits per heavy atom. The Morgan fingerprint density at radius 3 is 2.19 bits per heavy atom. The van der Waals surface area contributed by atoms with E-state index in [1.165, 1.54) is 24.0 Å². The lowest BCUT2D eigenvalue weighted by Gasteiger charge is -2.28. The maximum Gasteiger partial charge on any atom is 0.140 e. The number of carbonyl (C=O) groups excluding carboxylic acids is 1. The summed E-state index contributed by atoms with van der Waals surface area (Å²) >= 11 is 0. The van der Waals surface area contributed by atoms with Crippen LogP contribution in [-0.4, -0.2) is 17.9 Å². The van der Waals surface area contributed by atoms with Crippen LogP contribution in [0.1, 0.15) is 57.6 Å². The van der Waals surface area contributed by atoms with E-state index in [0.717, 1.165) is 12.8 Å². The molecule has 2 aliphatic rings. The molecule has 3 rings (SSSR count). The standard InChI is InChI=1S/C19H27NO/c1-19(2,3)15-6-4-13(5-7-15)10-18(21)14-11-16-8-9-17(12-14)20-16/h4-7,14,16-17,20H,8-12H2,1-3H3. The second-order valence-electron chi connectivity index (χ2n) is 7.90. The zero-order valence-electron chi connectivity index (χ0n) is 13.5. The van der Waals surface area contributed by atoms with E-state index in [-0.39, 0.29) is 11.3 Å². The predicted octanol–water partition coefficient (Wildman–Crippen LogP) is 3.63. The average molecular weight is 285 g/mol. The summed E-state index contributed by atoms with van der Waals surface area (Å²) in [6.07, 6.45) is 5.22. The van der Waals surface area contributed by atoms with E-state index >= 15 is 0 Å². The number of rotatable bonds is 3. The Hall–Kier alpha value is -1.15. The first-order valence-corrected chi connectivity index (χ1v) is 8.30. The molecular weight excluding hydrogens is 258 g/mol. The molecule has 0 aromatic heterocycles. The molecule has 114 valence electrons. The number of fused-ring (bicyclic) bond motifs is 2. The molecule has 0 aliphatic carbocycles. The van der Waals surface area contributed by atoms with Crippen molar-refractivity contribution in [1.29, 1.82) is 0 Å². The lowest BCUT2D eigenvalue weighted by Crippen LogP contribution is -2.40. The highest BCUT2D eigenvalue weighted by Gasteiger charge is 2.36. The smallest absolute Gasteiger partial charge is 0.140 e. The molecule has 2 unspecified atom stereocenters. The first-order chi connectivity index (χ1) is 9.91. The number of carbonyl (C=O) groups is 1. The van der Waals surface area contributed by atoms with Crippen LogP contribution in [0, 0.1) is 5.92 Å². The van der Waals surface area contributed by atoms with E-state index in [9.17, 15) is 4.79 Å². The van der Waals surface area contributed by atoms with Crippen molar-refractivity contribution in [2.45, 2.75) is 70.4 Å². The summed E-state index contributed by atoms with van der Waals surface area (Å²) in [5.74, 6) is 0.725. The van der Waals surface area contributed by atoms with Crippen LogP contribution in [0.4, 0.5) is 0 Å². The van der Waals surface area contributed by atoms with E-state index in [1.54, 1.807) is 0 Å². The minimum Gasteiger partial charge on any atom is -0.311 e. The number of nitrogens with one attached hydrogen (secondary N) is 1. The topological polar surface area (TPSA) is 29.1 Å². The van der Waals surface area contributed by atoms with Gasteiger partial charge in [0, 0.05) is 24.4 Å². The van der Waals surface area contributed by atoms with Crippen molar-refractivity contribution in [1.82, 2.24) is 5.32 Å². The van der Waals surface area contributed by atoms with E-state index < -0.39 is 0 Å². The van der Waals surface area contributed by atoms with E-state index in [0.29, 0.717) is 24.3 Å². The van der Waals surface area contributed by atoms with Crippen molar-refractivity contribution in [3.63, 3.8) is 0 Å². The fraction of sp³-hybridized carbons (Fsp3) is 0.632. The number of benzene rings is 1. The first-order valence-electron chi connectivity index (χ1n) is 8.30. The van der Waals surface area contributed by atoms with Crippen molar-refractivity contribution < 1.29 is 4.79 Å². The van der Waals surface area contributed by atoms with Gasteiger partial charge >= 0.3 is 0 Å². The third kappa shape index (κ3) is 3.37. The van der Waals surface area contributed by atoms with Crippen molar-refractivity contribution in [2.24, 2.45) is 5.92 Å². The number of piperidine rings is 1. The van der Waals surface area contributed by atoms with Crippen LogP contribution < -0.4 is 5.32 Å². The lowest BCUT2D eigenvalue weighted by molar-refractivity contribution is -0.123. The number of hydrogen-bond acceptors (Lipinski definition) is 2. The van der Waals surface area contributed by atoms with E-state index in [2.05, 4.69) is 50.4 Å². The van der Waals surface area contributed by atoms with Crippen molar-refractivity contribution in [3.05, 3.63) is 35.4 Å². The SMILES string of the molecule is CC(C)(C)c1ccc(CC(=O)C2CC3CCC(C2)N3)cc1. The molecular formula is C19H27NO. The molecule has 2 saturated heterocycles. The van der Waals surface area contributed by atoms with Gasteiger partial charge in [-0.1, -0.05) is 45.0 Å². The van der Waals surface area contributed by atoms with Crippen LogP contribution in [0.3, 0.4) is 0 Å². The minimum absolute atomic E-state index is 0.177. The Balaban J connectivity index is 1.62. The highest BCUT2D eigenvalue weighted by molar-refractivity contribution is 5.83. The van der Waals surface area contributed by atoms with Crippen LogP contribution in [0.5, 0.6) is 0 Å². The Bertz CT molecular complexity index is 499. The van der Waals surface area contributed by atoms with Gasteiger partial charge in [-0.25, -0.2) is 0 Å². The molecule has 0 radical (unpaired) electrons. The monoisotopic (exact) mass is 285 g/mol. The van der Waals surface area contributed by atoms with Crippen LogP contribution >= 0.6 is 0 Å². The predicted molar refractivity (Wildman–Crippen MR) is 86.5 cm³/mol. The van der Waals surface area contributed by atoms with Crippen molar-refractivity contribution in [2.75, 3.05) is 0 Å². The summed E-state index contributed by atoms with van der Waals surface area (Å²) in [6.45, 7) is 6.66. The van der Waals surface area contributed by atoms with Crippen LogP contribution in [-0.2, 0) is 16.6 Å². The largest absolute Gasteiger partial charge is 0.311 e. The van der Waals surface area contributed by atoms with Crippen LogP contribution in [0.15, 0.2) is 24.3 Å².